The molecule has 1 heterocycles. The molecule has 1 N–H and O–H groups in total. The first-order valence-electron chi connectivity index (χ1n) is 7.19. The largest absolute Gasteiger partial charge is 0.387 e. The van der Waals surface area contributed by atoms with Gasteiger partial charge in [-0.15, -0.1) is 0 Å². The number of nitrogens with zero attached hydrogens (tertiary/aromatic N) is 1. The Balaban J connectivity index is 2.22. The van der Waals surface area contributed by atoms with Crippen molar-refractivity contribution in [1.82, 2.24) is 4.98 Å². The molecule has 1 aliphatic carbocycles. The number of fused-ring (bicyclic) bond motifs is 1. The maximum atomic E-state index is 10.3. The fourth-order valence-electron chi connectivity index (χ4n) is 3.01. The van der Waals surface area contributed by atoms with Crippen molar-refractivity contribution < 1.29 is 5.11 Å². The van der Waals surface area contributed by atoms with Crippen molar-refractivity contribution in [3.05, 3.63) is 51.3 Å². The molecule has 1 aliphatic rings. The second kappa shape index (κ2) is 5.96. The maximum Gasteiger partial charge on any atom is 0.0962 e. The van der Waals surface area contributed by atoms with Gasteiger partial charge in [0.1, 0.15) is 0 Å². The van der Waals surface area contributed by atoms with Crippen molar-refractivity contribution >= 4 is 23.2 Å². The Hall–Kier alpha value is -1.09. The van der Waals surface area contributed by atoms with Gasteiger partial charge in [-0.25, -0.2) is 0 Å². The van der Waals surface area contributed by atoms with Crippen LogP contribution in [-0.4, -0.2) is 10.1 Å². The van der Waals surface area contributed by atoms with Gasteiger partial charge in [0.25, 0.3) is 0 Å². The molecule has 0 bridgehead atoms. The molecule has 0 radical (unpaired) electrons. The zero-order valence-corrected chi connectivity index (χ0v) is 13.4. The molecule has 2 aromatic rings. The summed E-state index contributed by atoms with van der Waals surface area (Å²) in [6.07, 6.45) is 3.32. The van der Waals surface area contributed by atoms with Gasteiger partial charge < -0.3 is 5.11 Å². The van der Waals surface area contributed by atoms with Crippen molar-refractivity contribution in [3.63, 3.8) is 0 Å². The number of hydrogen-bond donors (Lipinski definition) is 1. The average Bonchev–Trinajstić information content (AvgIpc) is 2.59. The van der Waals surface area contributed by atoms with Crippen LogP contribution in [-0.2, 0) is 6.42 Å². The van der Waals surface area contributed by atoms with Gasteiger partial charge in [0.15, 0.2) is 0 Å². The molecule has 1 aromatic heterocycles. The second-order valence-electron chi connectivity index (χ2n) is 5.59. The zero-order valence-electron chi connectivity index (χ0n) is 11.9. The van der Waals surface area contributed by atoms with Gasteiger partial charge >= 0.3 is 0 Å². The van der Waals surface area contributed by atoms with Crippen LogP contribution in [0.4, 0.5) is 0 Å². The molecular weight excluding hydrogens is 305 g/mol. The Kier molecular flexibility index (Phi) is 4.21. The van der Waals surface area contributed by atoms with Crippen molar-refractivity contribution in [2.75, 3.05) is 0 Å². The number of aliphatic hydroxyl groups is 1. The van der Waals surface area contributed by atoms with E-state index in [9.17, 15) is 5.11 Å². The van der Waals surface area contributed by atoms with Crippen LogP contribution in [0.25, 0.3) is 11.1 Å². The summed E-state index contributed by atoms with van der Waals surface area (Å²) >= 11 is 12.3. The standard InChI is InChI=1S/C17H17Cl2NO/c1-10-6-15(11-7-12(18)9-13(19)8-11)14-4-2-3-5-16(21)17(14)20-10/h6-9,16,21H,2-5H2,1H3. The molecule has 2 nitrogen and oxygen atoms in total. The number of aliphatic hydroxyl groups excluding tert-OH is 1. The molecule has 4 heteroatoms. The van der Waals surface area contributed by atoms with Gasteiger partial charge in [0.2, 0.25) is 0 Å². The van der Waals surface area contributed by atoms with Crippen molar-refractivity contribution in [2.45, 2.75) is 38.7 Å². The molecule has 0 saturated carbocycles. The quantitative estimate of drug-likeness (QED) is 0.739. The molecule has 3 rings (SSSR count). The Morgan fingerprint density at radius 3 is 2.52 bits per heavy atom. The van der Waals surface area contributed by atoms with Crippen LogP contribution in [0.1, 0.15) is 42.3 Å². The molecular formula is C17H17Cl2NO. The van der Waals surface area contributed by atoms with Gasteiger partial charge in [-0.3, -0.25) is 4.98 Å². The first-order valence-corrected chi connectivity index (χ1v) is 7.95. The average molecular weight is 322 g/mol. The predicted octanol–water partition coefficient (Wildman–Crippen LogP) is 5.12. The predicted molar refractivity (Wildman–Crippen MR) is 86.9 cm³/mol. The first-order chi connectivity index (χ1) is 10.0. The van der Waals surface area contributed by atoms with E-state index >= 15 is 0 Å². The molecule has 1 aromatic carbocycles. The molecule has 0 amide bonds. The highest BCUT2D eigenvalue weighted by molar-refractivity contribution is 6.35. The van der Waals surface area contributed by atoms with Gasteiger partial charge in [-0.05, 0) is 67.1 Å². The summed E-state index contributed by atoms with van der Waals surface area (Å²) in [6, 6.07) is 7.62. The third kappa shape index (κ3) is 3.08. The number of hydrogen-bond acceptors (Lipinski definition) is 2. The van der Waals surface area contributed by atoms with Crippen LogP contribution in [0.5, 0.6) is 0 Å². The highest BCUT2D eigenvalue weighted by atomic mass is 35.5. The monoisotopic (exact) mass is 321 g/mol. The lowest BCUT2D eigenvalue weighted by molar-refractivity contribution is 0.162. The van der Waals surface area contributed by atoms with E-state index in [1.165, 1.54) is 0 Å². The minimum atomic E-state index is -0.476. The van der Waals surface area contributed by atoms with Gasteiger partial charge in [0, 0.05) is 15.7 Å². The minimum Gasteiger partial charge on any atom is -0.387 e. The lowest BCUT2D eigenvalue weighted by atomic mass is 9.94. The minimum absolute atomic E-state index is 0.476. The third-order valence-corrected chi connectivity index (χ3v) is 4.36. The summed E-state index contributed by atoms with van der Waals surface area (Å²) < 4.78 is 0. The van der Waals surface area contributed by atoms with E-state index in [1.54, 1.807) is 6.07 Å². The van der Waals surface area contributed by atoms with E-state index in [0.29, 0.717) is 10.0 Å². The van der Waals surface area contributed by atoms with Gasteiger partial charge in [-0.2, -0.15) is 0 Å². The van der Waals surface area contributed by atoms with Crippen LogP contribution in [0.15, 0.2) is 24.3 Å². The number of aryl methyl sites for hydroxylation is 1. The Labute approximate surface area is 134 Å². The Morgan fingerprint density at radius 2 is 1.81 bits per heavy atom. The van der Waals surface area contributed by atoms with E-state index in [-0.39, 0.29) is 0 Å². The molecule has 0 saturated heterocycles. The van der Waals surface area contributed by atoms with Crippen molar-refractivity contribution in [3.8, 4) is 11.1 Å². The number of benzene rings is 1. The zero-order chi connectivity index (χ0) is 15.0. The molecule has 0 spiro atoms. The number of aromatic nitrogens is 1. The van der Waals surface area contributed by atoms with E-state index in [4.69, 9.17) is 23.2 Å². The van der Waals surface area contributed by atoms with E-state index in [0.717, 1.165) is 53.8 Å². The molecule has 1 unspecified atom stereocenters. The fourth-order valence-corrected chi connectivity index (χ4v) is 3.53. The number of rotatable bonds is 1. The summed E-state index contributed by atoms with van der Waals surface area (Å²) in [5.41, 5.74) is 4.93. The summed E-state index contributed by atoms with van der Waals surface area (Å²) in [5, 5.41) is 11.6. The Bertz CT molecular complexity index is 664. The SMILES string of the molecule is Cc1cc(-c2cc(Cl)cc(Cl)c2)c2c(n1)C(O)CCCC2. The highest BCUT2D eigenvalue weighted by Crippen LogP contribution is 2.36. The molecule has 0 fully saturated rings. The van der Waals surface area contributed by atoms with Crippen LogP contribution < -0.4 is 0 Å². The van der Waals surface area contributed by atoms with Crippen LogP contribution in [0, 0.1) is 6.92 Å². The summed E-state index contributed by atoms with van der Waals surface area (Å²) in [6.45, 7) is 1.95. The lowest BCUT2D eigenvalue weighted by Gasteiger charge is -2.16. The molecule has 110 valence electrons. The normalized spacial score (nSPS) is 18.2. The lowest BCUT2D eigenvalue weighted by Crippen LogP contribution is -2.05. The van der Waals surface area contributed by atoms with Crippen molar-refractivity contribution in [2.24, 2.45) is 0 Å². The van der Waals surface area contributed by atoms with Crippen LogP contribution in [0.2, 0.25) is 10.0 Å². The van der Waals surface area contributed by atoms with Gasteiger partial charge in [-0.1, -0.05) is 29.6 Å². The number of pyridine rings is 1. The van der Waals surface area contributed by atoms with Crippen LogP contribution >= 0.6 is 23.2 Å². The van der Waals surface area contributed by atoms with E-state index in [2.05, 4.69) is 11.1 Å². The molecule has 1 atom stereocenters. The smallest absolute Gasteiger partial charge is 0.0962 e. The fraction of sp³-hybridized carbons (Fsp3) is 0.353. The number of halogens is 2. The molecule has 0 aliphatic heterocycles. The van der Waals surface area contributed by atoms with Gasteiger partial charge in [0.05, 0.1) is 11.8 Å². The highest BCUT2D eigenvalue weighted by Gasteiger charge is 2.22. The maximum absolute atomic E-state index is 10.3. The summed E-state index contributed by atoms with van der Waals surface area (Å²) in [5.74, 6) is 0. The van der Waals surface area contributed by atoms with E-state index in [1.807, 2.05) is 19.1 Å². The van der Waals surface area contributed by atoms with Crippen molar-refractivity contribution in [1.29, 1.82) is 0 Å². The summed E-state index contributed by atoms with van der Waals surface area (Å²) in [7, 11) is 0. The molecule has 21 heavy (non-hydrogen) atoms. The summed E-state index contributed by atoms with van der Waals surface area (Å²) in [4.78, 5) is 4.57. The van der Waals surface area contributed by atoms with Crippen LogP contribution in [0.3, 0.4) is 0 Å². The third-order valence-electron chi connectivity index (χ3n) is 3.93. The topological polar surface area (TPSA) is 33.1 Å². The van der Waals surface area contributed by atoms with E-state index < -0.39 is 6.10 Å². The second-order valence-corrected chi connectivity index (χ2v) is 6.47. The Morgan fingerprint density at radius 1 is 1.10 bits per heavy atom. The first kappa shape index (κ1) is 14.8.